The van der Waals surface area contributed by atoms with Crippen LogP contribution in [0.5, 0.6) is 0 Å². The minimum atomic E-state index is -0.199. The van der Waals surface area contributed by atoms with Gasteiger partial charge in [-0.3, -0.25) is 9.78 Å². The lowest BCUT2D eigenvalue weighted by Gasteiger charge is -2.10. The van der Waals surface area contributed by atoms with Gasteiger partial charge >= 0.3 is 0 Å². The van der Waals surface area contributed by atoms with E-state index in [2.05, 4.69) is 10.1 Å². The van der Waals surface area contributed by atoms with Gasteiger partial charge in [0.2, 0.25) is 0 Å². The monoisotopic (exact) mass is 333 g/mol. The van der Waals surface area contributed by atoms with Crippen molar-refractivity contribution in [2.75, 3.05) is 0 Å². The summed E-state index contributed by atoms with van der Waals surface area (Å²) in [5.74, 6) is 0. The molecular weight excluding hydrogens is 322 g/mol. The van der Waals surface area contributed by atoms with Crippen molar-refractivity contribution in [1.29, 1.82) is 0 Å². The molecule has 0 radical (unpaired) electrons. The zero-order valence-electron chi connectivity index (χ0n) is 12.6. The average molecular weight is 334 g/mol. The van der Waals surface area contributed by atoms with E-state index in [1.807, 2.05) is 48.5 Å². The van der Waals surface area contributed by atoms with Crippen molar-refractivity contribution in [3.63, 3.8) is 0 Å². The maximum atomic E-state index is 12.8. The molecule has 5 heteroatoms. The van der Waals surface area contributed by atoms with Gasteiger partial charge in [0.05, 0.1) is 11.1 Å². The standard InChI is InChI=1S/C19H12ClN3O/c20-14-7-4-6-13(12-14)17-18-16(10-5-11-21-18)19(24)23(22-17)15-8-2-1-3-9-15/h1-12H. The number of benzene rings is 2. The van der Waals surface area contributed by atoms with Gasteiger partial charge in [0.25, 0.3) is 5.56 Å². The first-order valence-electron chi connectivity index (χ1n) is 7.43. The second-order valence-corrected chi connectivity index (χ2v) is 5.75. The molecule has 0 aliphatic heterocycles. The fourth-order valence-corrected chi connectivity index (χ4v) is 2.84. The molecule has 4 rings (SSSR count). The summed E-state index contributed by atoms with van der Waals surface area (Å²) in [6, 6.07) is 20.2. The topological polar surface area (TPSA) is 47.8 Å². The molecule has 2 aromatic heterocycles. The van der Waals surface area contributed by atoms with Gasteiger partial charge in [0.15, 0.2) is 0 Å². The maximum Gasteiger partial charge on any atom is 0.280 e. The van der Waals surface area contributed by atoms with Crippen LogP contribution in [0.3, 0.4) is 0 Å². The Morgan fingerprint density at radius 3 is 2.54 bits per heavy atom. The molecule has 4 nitrogen and oxygen atoms in total. The van der Waals surface area contributed by atoms with Gasteiger partial charge < -0.3 is 0 Å². The number of hydrogen-bond acceptors (Lipinski definition) is 3. The van der Waals surface area contributed by atoms with E-state index in [-0.39, 0.29) is 5.56 Å². The second-order valence-electron chi connectivity index (χ2n) is 5.31. The molecule has 0 unspecified atom stereocenters. The first-order chi connectivity index (χ1) is 11.7. The van der Waals surface area contributed by atoms with Crippen molar-refractivity contribution in [2.24, 2.45) is 0 Å². The highest BCUT2D eigenvalue weighted by atomic mass is 35.5. The van der Waals surface area contributed by atoms with Crippen LogP contribution in [0, 0.1) is 0 Å². The number of hydrogen-bond donors (Lipinski definition) is 0. The van der Waals surface area contributed by atoms with Crippen LogP contribution in [0.4, 0.5) is 0 Å². The lowest BCUT2D eigenvalue weighted by Crippen LogP contribution is -2.22. The Morgan fingerprint density at radius 1 is 0.917 bits per heavy atom. The number of fused-ring (bicyclic) bond motifs is 1. The summed E-state index contributed by atoms with van der Waals surface area (Å²) >= 11 is 6.12. The van der Waals surface area contributed by atoms with Crippen molar-refractivity contribution in [3.05, 3.63) is 88.3 Å². The fraction of sp³-hybridized carbons (Fsp3) is 0. The molecule has 0 spiro atoms. The predicted octanol–water partition coefficient (Wildman–Crippen LogP) is 4.10. The van der Waals surface area contributed by atoms with Crippen molar-refractivity contribution in [2.45, 2.75) is 0 Å². The molecule has 0 N–H and O–H groups in total. The predicted molar refractivity (Wildman–Crippen MR) is 95.6 cm³/mol. The summed E-state index contributed by atoms with van der Waals surface area (Å²) in [7, 11) is 0. The molecule has 0 saturated heterocycles. The summed E-state index contributed by atoms with van der Waals surface area (Å²) in [6.07, 6.45) is 1.66. The lowest BCUT2D eigenvalue weighted by molar-refractivity contribution is 0.824. The maximum absolute atomic E-state index is 12.8. The van der Waals surface area contributed by atoms with Crippen molar-refractivity contribution >= 4 is 22.5 Å². The minimum Gasteiger partial charge on any atom is -0.267 e. The lowest BCUT2D eigenvalue weighted by atomic mass is 10.1. The third kappa shape index (κ3) is 2.47. The van der Waals surface area contributed by atoms with Crippen LogP contribution < -0.4 is 5.56 Å². The van der Waals surface area contributed by atoms with Gasteiger partial charge in [-0.25, -0.2) is 0 Å². The van der Waals surface area contributed by atoms with E-state index >= 15 is 0 Å². The molecule has 0 saturated carbocycles. The molecule has 0 fully saturated rings. The highest BCUT2D eigenvalue weighted by molar-refractivity contribution is 6.30. The highest BCUT2D eigenvalue weighted by Gasteiger charge is 2.14. The number of para-hydroxylation sites is 1. The Labute approximate surface area is 143 Å². The molecular formula is C19H12ClN3O. The van der Waals surface area contributed by atoms with E-state index in [4.69, 9.17) is 11.6 Å². The van der Waals surface area contributed by atoms with Gasteiger partial charge in [-0.05, 0) is 36.4 Å². The van der Waals surface area contributed by atoms with E-state index < -0.39 is 0 Å². The van der Waals surface area contributed by atoms with Crippen LogP contribution in [0.2, 0.25) is 5.02 Å². The largest absolute Gasteiger partial charge is 0.280 e. The quantitative estimate of drug-likeness (QED) is 0.555. The fourth-order valence-electron chi connectivity index (χ4n) is 2.65. The Balaban J connectivity index is 2.10. The summed E-state index contributed by atoms with van der Waals surface area (Å²) in [4.78, 5) is 17.2. The highest BCUT2D eigenvalue weighted by Crippen LogP contribution is 2.25. The molecule has 116 valence electrons. The van der Waals surface area contributed by atoms with Crippen LogP contribution in [0.25, 0.3) is 27.8 Å². The second kappa shape index (κ2) is 5.91. The van der Waals surface area contributed by atoms with Gasteiger partial charge in [-0.15, -0.1) is 0 Å². The molecule has 0 bridgehead atoms. The van der Waals surface area contributed by atoms with Crippen molar-refractivity contribution in [1.82, 2.24) is 14.8 Å². The third-order valence-electron chi connectivity index (χ3n) is 3.75. The molecule has 24 heavy (non-hydrogen) atoms. The smallest absolute Gasteiger partial charge is 0.267 e. The normalized spacial score (nSPS) is 10.9. The van der Waals surface area contributed by atoms with Gasteiger partial charge in [0.1, 0.15) is 11.2 Å². The van der Waals surface area contributed by atoms with E-state index in [1.165, 1.54) is 4.68 Å². The van der Waals surface area contributed by atoms with Crippen LogP contribution in [0.15, 0.2) is 77.7 Å². The van der Waals surface area contributed by atoms with Crippen LogP contribution in [-0.4, -0.2) is 14.8 Å². The number of pyridine rings is 1. The Kier molecular flexibility index (Phi) is 3.59. The first kappa shape index (κ1) is 14.6. The summed E-state index contributed by atoms with van der Waals surface area (Å²) < 4.78 is 1.40. The zero-order chi connectivity index (χ0) is 16.5. The van der Waals surface area contributed by atoms with Gasteiger partial charge in [0, 0.05) is 16.8 Å². The van der Waals surface area contributed by atoms with E-state index in [0.29, 0.717) is 27.3 Å². The summed E-state index contributed by atoms with van der Waals surface area (Å²) in [5, 5.41) is 5.69. The minimum absolute atomic E-state index is 0.199. The molecule has 0 aliphatic carbocycles. The molecule has 2 aromatic carbocycles. The number of aromatic nitrogens is 3. The van der Waals surface area contributed by atoms with Crippen molar-refractivity contribution in [3.8, 4) is 16.9 Å². The SMILES string of the molecule is O=c1c2cccnc2c(-c2cccc(Cl)c2)nn1-c1ccccc1. The van der Waals surface area contributed by atoms with E-state index in [9.17, 15) is 4.79 Å². The Morgan fingerprint density at radius 2 is 1.75 bits per heavy atom. The number of rotatable bonds is 2. The third-order valence-corrected chi connectivity index (χ3v) is 3.99. The van der Waals surface area contributed by atoms with E-state index in [0.717, 1.165) is 5.56 Å². The molecule has 0 atom stereocenters. The number of nitrogens with zero attached hydrogens (tertiary/aromatic N) is 3. The first-order valence-corrected chi connectivity index (χ1v) is 7.81. The van der Waals surface area contributed by atoms with Crippen LogP contribution >= 0.6 is 11.6 Å². The average Bonchev–Trinajstić information content (AvgIpc) is 2.63. The van der Waals surface area contributed by atoms with Crippen LogP contribution in [0.1, 0.15) is 0 Å². The van der Waals surface area contributed by atoms with Gasteiger partial charge in [-0.1, -0.05) is 41.9 Å². The van der Waals surface area contributed by atoms with Crippen LogP contribution in [-0.2, 0) is 0 Å². The van der Waals surface area contributed by atoms with Gasteiger partial charge in [-0.2, -0.15) is 9.78 Å². The summed E-state index contributed by atoms with van der Waals surface area (Å²) in [6.45, 7) is 0. The molecule has 2 heterocycles. The Hall–Kier alpha value is -2.98. The molecule has 0 aliphatic rings. The summed E-state index contributed by atoms with van der Waals surface area (Å²) in [5.41, 5.74) is 2.51. The number of halogens is 1. The van der Waals surface area contributed by atoms with Crippen molar-refractivity contribution < 1.29 is 0 Å². The zero-order valence-corrected chi connectivity index (χ0v) is 13.3. The molecule has 0 amide bonds. The Bertz CT molecular complexity index is 1090. The molecule has 4 aromatic rings. The van der Waals surface area contributed by atoms with E-state index in [1.54, 1.807) is 24.4 Å².